The summed E-state index contributed by atoms with van der Waals surface area (Å²) in [6, 6.07) is 4.82. The first kappa shape index (κ1) is 19.3. The van der Waals surface area contributed by atoms with Crippen LogP contribution in [0.4, 0.5) is 4.39 Å². The van der Waals surface area contributed by atoms with Crippen molar-refractivity contribution in [1.29, 1.82) is 0 Å². The number of benzene rings is 1. The molecule has 0 unspecified atom stereocenters. The van der Waals surface area contributed by atoms with Gasteiger partial charge in [-0.25, -0.2) is 24.3 Å². The van der Waals surface area contributed by atoms with Gasteiger partial charge in [0.1, 0.15) is 22.9 Å². The third-order valence-corrected chi connectivity index (χ3v) is 6.71. The SMILES string of the molecule is [2H]C1([2H])C[C@@H](c2nc(-c3ccc(Cl)cc3F)c3nc(C)c(C)nc3n2)C[C@@H](c2cnn(C3CC3)c2)O1. The van der Waals surface area contributed by atoms with E-state index in [9.17, 15) is 0 Å². The van der Waals surface area contributed by atoms with Crippen LogP contribution in [0.5, 0.6) is 0 Å². The molecule has 1 aliphatic heterocycles. The molecule has 2 fully saturated rings. The molecule has 4 aromatic rings. The van der Waals surface area contributed by atoms with Gasteiger partial charge in [-0.05, 0) is 57.7 Å². The molecule has 0 amide bonds. The Balaban J connectivity index is 1.45. The highest BCUT2D eigenvalue weighted by Crippen LogP contribution is 2.40. The molecular formula is C25H24ClFN6O. The van der Waals surface area contributed by atoms with Crippen LogP contribution in [0.3, 0.4) is 0 Å². The van der Waals surface area contributed by atoms with Crippen LogP contribution in [-0.2, 0) is 4.74 Å². The Bertz CT molecular complexity index is 1490. The Kier molecular flexibility index (Phi) is 4.76. The van der Waals surface area contributed by atoms with Crippen molar-refractivity contribution >= 4 is 22.8 Å². The van der Waals surface area contributed by atoms with Crippen molar-refractivity contribution in [2.75, 3.05) is 6.56 Å². The Morgan fingerprint density at radius 2 is 1.94 bits per heavy atom. The van der Waals surface area contributed by atoms with E-state index in [0.717, 1.165) is 18.4 Å². The lowest BCUT2D eigenvalue weighted by molar-refractivity contribution is 0.00396. The van der Waals surface area contributed by atoms with Crippen LogP contribution in [0.2, 0.25) is 5.02 Å². The van der Waals surface area contributed by atoms with E-state index in [1.807, 2.05) is 24.7 Å². The van der Waals surface area contributed by atoms with E-state index in [0.29, 0.717) is 46.5 Å². The summed E-state index contributed by atoms with van der Waals surface area (Å²) in [5, 5.41) is 4.72. The molecule has 0 radical (unpaired) electrons. The smallest absolute Gasteiger partial charge is 0.182 e. The molecule has 1 saturated carbocycles. The monoisotopic (exact) mass is 480 g/mol. The maximum absolute atomic E-state index is 15.0. The van der Waals surface area contributed by atoms with Crippen LogP contribution in [0, 0.1) is 19.7 Å². The minimum atomic E-state index is -1.89. The van der Waals surface area contributed by atoms with Crippen LogP contribution in [0.15, 0.2) is 30.6 Å². The van der Waals surface area contributed by atoms with Gasteiger partial charge in [0.2, 0.25) is 0 Å². The van der Waals surface area contributed by atoms with Crippen molar-refractivity contribution < 1.29 is 11.9 Å². The standard InChI is InChI=1S/C25H24ClFN6O/c1-13-14(2)30-25-23(29-13)22(19-6-3-17(26)10-20(19)27)31-24(32-25)15-7-8-34-21(9-15)16-11-28-33(12-16)18-4-5-18/h3,6,10-12,15,18,21H,4-5,7-9H2,1-2H3/t15-,21+/m1/s1/i8D2. The lowest BCUT2D eigenvalue weighted by Crippen LogP contribution is -2.20. The van der Waals surface area contributed by atoms with Crippen molar-refractivity contribution in [2.45, 2.75) is 57.6 Å². The van der Waals surface area contributed by atoms with Crippen LogP contribution in [-0.4, -0.2) is 36.3 Å². The fourth-order valence-electron chi connectivity index (χ4n) is 4.28. The zero-order valence-corrected chi connectivity index (χ0v) is 19.6. The largest absolute Gasteiger partial charge is 0.373 e. The number of nitrogens with zero attached hydrogens (tertiary/aromatic N) is 6. The van der Waals surface area contributed by atoms with Gasteiger partial charge < -0.3 is 4.74 Å². The van der Waals surface area contributed by atoms with E-state index >= 15 is 4.39 Å². The maximum Gasteiger partial charge on any atom is 0.182 e. The van der Waals surface area contributed by atoms with Crippen LogP contribution >= 0.6 is 11.6 Å². The lowest BCUT2D eigenvalue weighted by Gasteiger charge is -2.28. The van der Waals surface area contributed by atoms with E-state index in [1.54, 1.807) is 18.3 Å². The molecule has 34 heavy (non-hydrogen) atoms. The van der Waals surface area contributed by atoms with E-state index in [2.05, 4.69) is 15.1 Å². The summed E-state index contributed by atoms with van der Waals surface area (Å²) in [4.78, 5) is 18.7. The summed E-state index contributed by atoms with van der Waals surface area (Å²) in [5.41, 5.74) is 3.52. The first-order chi connectivity index (χ1) is 17.2. The van der Waals surface area contributed by atoms with Crippen molar-refractivity contribution in [3.63, 3.8) is 0 Å². The molecule has 9 heteroatoms. The Hall–Kier alpha value is -2.97. The number of aromatic nitrogens is 6. The highest BCUT2D eigenvalue weighted by Gasteiger charge is 2.31. The number of hydrogen-bond donors (Lipinski definition) is 0. The molecule has 7 nitrogen and oxygen atoms in total. The van der Waals surface area contributed by atoms with E-state index in [1.165, 1.54) is 6.07 Å². The molecule has 1 aliphatic carbocycles. The summed E-state index contributed by atoms with van der Waals surface area (Å²) in [6.07, 6.45) is 5.90. The van der Waals surface area contributed by atoms with E-state index in [-0.39, 0.29) is 22.9 Å². The normalized spacial score (nSPS) is 23.1. The average Bonchev–Trinajstić information content (AvgIpc) is 3.55. The summed E-state index contributed by atoms with van der Waals surface area (Å²) in [6.45, 7) is 1.78. The molecule has 2 atom stereocenters. The van der Waals surface area contributed by atoms with Crippen LogP contribution in [0.1, 0.15) is 69.3 Å². The van der Waals surface area contributed by atoms with E-state index in [4.69, 9.17) is 29.0 Å². The van der Waals surface area contributed by atoms with E-state index < -0.39 is 18.5 Å². The van der Waals surface area contributed by atoms with Gasteiger partial charge in [-0.3, -0.25) is 4.68 Å². The van der Waals surface area contributed by atoms with Crippen molar-refractivity contribution in [1.82, 2.24) is 29.7 Å². The van der Waals surface area contributed by atoms with Crippen molar-refractivity contribution in [3.8, 4) is 11.3 Å². The molecule has 1 aromatic carbocycles. The molecule has 0 N–H and O–H groups in total. The quantitative estimate of drug-likeness (QED) is 0.375. The Morgan fingerprint density at radius 1 is 1.12 bits per heavy atom. The molecule has 2 aliphatic rings. The molecule has 6 rings (SSSR count). The summed E-state index contributed by atoms with van der Waals surface area (Å²) in [5.74, 6) is -0.526. The number of hydrogen-bond acceptors (Lipinski definition) is 6. The Labute approximate surface area is 204 Å². The second kappa shape index (κ2) is 8.36. The number of fused-ring (bicyclic) bond motifs is 1. The third kappa shape index (κ3) is 3.95. The Morgan fingerprint density at radius 3 is 2.74 bits per heavy atom. The third-order valence-electron chi connectivity index (χ3n) is 6.48. The summed E-state index contributed by atoms with van der Waals surface area (Å²) < 4.78 is 39.7. The maximum atomic E-state index is 15.0. The fourth-order valence-corrected chi connectivity index (χ4v) is 4.44. The molecule has 174 valence electrons. The molecule has 4 heterocycles. The lowest BCUT2D eigenvalue weighted by atomic mass is 9.92. The zero-order chi connectivity index (χ0) is 25.2. The average molecular weight is 481 g/mol. The van der Waals surface area contributed by atoms with Gasteiger partial charge in [0, 0.05) is 34.8 Å². The summed E-state index contributed by atoms with van der Waals surface area (Å²) in [7, 11) is 0. The van der Waals surface area contributed by atoms with Gasteiger partial charge in [-0.2, -0.15) is 5.10 Å². The van der Waals surface area contributed by atoms with Gasteiger partial charge in [0.15, 0.2) is 5.65 Å². The van der Waals surface area contributed by atoms with Crippen LogP contribution < -0.4 is 0 Å². The highest BCUT2D eigenvalue weighted by atomic mass is 35.5. The zero-order valence-electron chi connectivity index (χ0n) is 20.8. The summed E-state index contributed by atoms with van der Waals surface area (Å²) >= 11 is 5.99. The molecule has 3 aromatic heterocycles. The predicted octanol–water partition coefficient (Wildman–Crippen LogP) is 5.66. The number of rotatable bonds is 4. The molecular weight excluding hydrogens is 455 g/mol. The molecule has 0 spiro atoms. The van der Waals surface area contributed by atoms with Gasteiger partial charge in [-0.1, -0.05) is 11.6 Å². The van der Waals surface area contributed by atoms with Crippen LogP contribution in [0.25, 0.3) is 22.4 Å². The minimum absolute atomic E-state index is 0.0621. The second-order valence-electron chi connectivity index (χ2n) is 8.99. The van der Waals surface area contributed by atoms with Gasteiger partial charge >= 0.3 is 0 Å². The van der Waals surface area contributed by atoms with Crippen molar-refractivity contribution in [2.24, 2.45) is 0 Å². The number of halogens is 2. The van der Waals surface area contributed by atoms with Gasteiger partial charge in [-0.15, -0.1) is 0 Å². The van der Waals surface area contributed by atoms with Gasteiger partial charge in [0.05, 0.1) is 32.5 Å². The topological polar surface area (TPSA) is 78.6 Å². The molecule has 0 bridgehead atoms. The first-order valence-electron chi connectivity index (χ1n) is 12.4. The first-order valence-corrected chi connectivity index (χ1v) is 11.7. The number of ether oxygens (including phenoxy) is 1. The molecule has 1 saturated heterocycles. The predicted molar refractivity (Wildman–Crippen MR) is 126 cm³/mol. The van der Waals surface area contributed by atoms with Gasteiger partial charge in [0.25, 0.3) is 0 Å². The number of aryl methyl sites for hydroxylation is 2. The second-order valence-corrected chi connectivity index (χ2v) is 9.43. The highest BCUT2D eigenvalue weighted by molar-refractivity contribution is 6.30. The fraction of sp³-hybridized carbons (Fsp3) is 0.400. The minimum Gasteiger partial charge on any atom is -0.373 e. The van der Waals surface area contributed by atoms with Crippen molar-refractivity contribution in [3.05, 3.63) is 64.2 Å².